The van der Waals surface area contributed by atoms with Crippen LogP contribution in [0, 0.1) is 0 Å². The van der Waals surface area contributed by atoms with Gasteiger partial charge in [-0.15, -0.1) is 0 Å². The van der Waals surface area contributed by atoms with Crippen molar-refractivity contribution >= 4 is 11.9 Å². The van der Waals surface area contributed by atoms with E-state index in [-0.39, 0.29) is 18.5 Å². The van der Waals surface area contributed by atoms with E-state index in [4.69, 9.17) is 4.74 Å². The number of ether oxygens (including phenoxy) is 1. The molecule has 452 valence electrons. The van der Waals surface area contributed by atoms with E-state index < -0.39 is 12.1 Å². The summed E-state index contributed by atoms with van der Waals surface area (Å²) in [5, 5.41) is 23.2. The quantitative estimate of drug-likeness (QED) is 0.0320. The highest BCUT2D eigenvalue weighted by atomic mass is 16.5. The van der Waals surface area contributed by atoms with Gasteiger partial charge in [0.1, 0.15) is 0 Å². The second-order valence-corrected chi connectivity index (χ2v) is 24.2. The minimum Gasteiger partial charge on any atom is -0.466 e. The predicted molar refractivity (Wildman–Crippen MR) is 333 cm³/mol. The van der Waals surface area contributed by atoms with Gasteiger partial charge < -0.3 is 20.3 Å². The van der Waals surface area contributed by atoms with Crippen molar-refractivity contribution in [3.63, 3.8) is 0 Å². The third-order valence-electron chi connectivity index (χ3n) is 16.6. The molecular weight excluding hydrogens is 935 g/mol. The van der Waals surface area contributed by atoms with Gasteiger partial charge >= 0.3 is 5.97 Å². The lowest BCUT2D eigenvalue weighted by molar-refractivity contribution is -0.143. The molecule has 0 bridgehead atoms. The summed E-state index contributed by atoms with van der Waals surface area (Å²) in [6.07, 6.45) is 81.5. The third kappa shape index (κ3) is 61.8. The Balaban J connectivity index is 3.36. The number of carbonyl (C=O) groups is 2. The molecule has 1 amide bonds. The van der Waals surface area contributed by atoms with Gasteiger partial charge in [-0.3, -0.25) is 9.59 Å². The summed E-state index contributed by atoms with van der Waals surface area (Å²) in [4.78, 5) is 24.6. The van der Waals surface area contributed by atoms with Gasteiger partial charge in [-0.05, 0) is 32.1 Å². The zero-order valence-corrected chi connectivity index (χ0v) is 51.8. The molecule has 0 aromatic rings. The Labute approximate surface area is 476 Å². The van der Waals surface area contributed by atoms with Crippen molar-refractivity contribution in [1.29, 1.82) is 0 Å². The van der Waals surface area contributed by atoms with Crippen LogP contribution in [-0.2, 0) is 14.3 Å². The SMILES string of the molecule is CCCCCCCCCCCCCCCCCC/C=C/C(O)C(CO)NC(=O)CCCCCCCCCCCCCCCCCCCCCCCCCCCCCCOC(=O)CCCCCCCCCCCCCCC. The summed E-state index contributed by atoms with van der Waals surface area (Å²) in [7, 11) is 0. The Morgan fingerprint density at radius 2 is 0.605 bits per heavy atom. The van der Waals surface area contributed by atoms with Crippen molar-refractivity contribution in [2.24, 2.45) is 0 Å². The molecule has 0 aliphatic heterocycles. The first-order valence-corrected chi connectivity index (χ1v) is 35.0. The fourth-order valence-corrected chi connectivity index (χ4v) is 11.2. The molecule has 0 saturated carbocycles. The number of hydrogen-bond acceptors (Lipinski definition) is 5. The highest BCUT2D eigenvalue weighted by Crippen LogP contribution is 2.19. The largest absolute Gasteiger partial charge is 0.466 e. The first kappa shape index (κ1) is 74.6. The Morgan fingerprint density at radius 1 is 0.355 bits per heavy atom. The Kier molecular flexibility index (Phi) is 64.9. The second-order valence-electron chi connectivity index (χ2n) is 24.2. The highest BCUT2D eigenvalue weighted by molar-refractivity contribution is 5.76. The van der Waals surface area contributed by atoms with Gasteiger partial charge in [0.2, 0.25) is 5.91 Å². The fourth-order valence-electron chi connectivity index (χ4n) is 11.2. The maximum absolute atomic E-state index is 12.5. The van der Waals surface area contributed by atoms with Crippen LogP contribution >= 0.6 is 0 Å². The smallest absolute Gasteiger partial charge is 0.305 e. The number of aliphatic hydroxyl groups is 2. The normalized spacial score (nSPS) is 12.5. The number of hydrogen-bond donors (Lipinski definition) is 3. The fraction of sp³-hybridized carbons (Fsp3) is 0.943. The average molecular weight is 1070 g/mol. The summed E-state index contributed by atoms with van der Waals surface area (Å²) in [6.45, 7) is 4.95. The summed E-state index contributed by atoms with van der Waals surface area (Å²) >= 11 is 0. The van der Waals surface area contributed by atoms with Crippen molar-refractivity contribution in [3.05, 3.63) is 12.2 Å². The van der Waals surface area contributed by atoms with Gasteiger partial charge in [-0.1, -0.05) is 366 Å². The van der Waals surface area contributed by atoms with Crippen LogP contribution in [0.5, 0.6) is 0 Å². The molecule has 76 heavy (non-hydrogen) atoms. The molecule has 0 saturated heterocycles. The van der Waals surface area contributed by atoms with Gasteiger partial charge in [-0.2, -0.15) is 0 Å². The zero-order chi connectivity index (χ0) is 55.0. The number of rotatable bonds is 66. The summed E-state index contributed by atoms with van der Waals surface area (Å²) in [5.41, 5.74) is 0. The second kappa shape index (κ2) is 66.1. The van der Waals surface area contributed by atoms with Gasteiger partial charge in [0.25, 0.3) is 0 Å². The Morgan fingerprint density at radius 3 is 0.895 bits per heavy atom. The summed E-state index contributed by atoms with van der Waals surface area (Å²) in [5.74, 6) is -0.0401. The molecule has 0 fully saturated rings. The van der Waals surface area contributed by atoms with Crippen LogP contribution < -0.4 is 5.32 Å². The van der Waals surface area contributed by atoms with E-state index >= 15 is 0 Å². The van der Waals surface area contributed by atoms with E-state index in [0.29, 0.717) is 19.4 Å². The average Bonchev–Trinajstić information content (AvgIpc) is 3.42. The molecule has 0 heterocycles. The maximum atomic E-state index is 12.5. The van der Waals surface area contributed by atoms with Crippen molar-refractivity contribution < 1.29 is 24.5 Å². The van der Waals surface area contributed by atoms with E-state index in [1.807, 2.05) is 6.08 Å². The van der Waals surface area contributed by atoms with Crippen LogP contribution in [0.3, 0.4) is 0 Å². The molecule has 3 N–H and O–H groups in total. The number of amides is 1. The first-order chi connectivity index (χ1) is 37.5. The van der Waals surface area contributed by atoms with Gasteiger partial charge in [-0.25, -0.2) is 0 Å². The van der Waals surface area contributed by atoms with E-state index in [9.17, 15) is 19.8 Å². The zero-order valence-electron chi connectivity index (χ0n) is 51.8. The number of esters is 1. The lowest BCUT2D eigenvalue weighted by Gasteiger charge is -2.20. The molecule has 0 rings (SSSR count). The van der Waals surface area contributed by atoms with Gasteiger partial charge in [0.15, 0.2) is 0 Å². The van der Waals surface area contributed by atoms with Gasteiger partial charge in [0.05, 0.1) is 25.4 Å². The number of unbranched alkanes of at least 4 members (excludes halogenated alkanes) is 55. The molecule has 0 aliphatic carbocycles. The monoisotopic (exact) mass is 1070 g/mol. The first-order valence-electron chi connectivity index (χ1n) is 35.0. The maximum Gasteiger partial charge on any atom is 0.305 e. The Hall–Kier alpha value is -1.40. The predicted octanol–water partition coefficient (Wildman–Crippen LogP) is 22.4. The summed E-state index contributed by atoms with van der Waals surface area (Å²) in [6, 6.07) is -0.625. The molecule has 0 aliphatic rings. The Bertz CT molecular complexity index is 1140. The molecule has 2 atom stereocenters. The van der Waals surface area contributed by atoms with Gasteiger partial charge in [0, 0.05) is 12.8 Å². The molecular formula is C70H137NO5. The van der Waals surface area contributed by atoms with E-state index in [2.05, 4.69) is 19.2 Å². The molecule has 0 aromatic carbocycles. The van der Waals surface area contributed by atoms with E-state index in [1.165, 1.54) is 334 Å². The summed E-state index contributed by atoms with van der Waals surface area (Å²) < 4.78 is 5.49. The van der Waals surface area contributed by atoms with Crippen LogP contribution in [0.25, 0.3) is 0 Å². The van der Waals surface area contributed by atoms with Crippen LogP contribution in [0.1, 0.15) is 399 Å². The molecule has 0 radical (unpaired) electrons. The van der Waals surface area contributed by atoms with Crippen molar-refractivity contribution in [1.82, 2.24) is 5.32 Å². The number of nitrogens with one attached hydrogen (secondary N) is 1. The number of aliphatic hydroxyl groups excluding tert-OH is 2. The highest BCUT2D eigenvalue weighted by Gasteiger charge is 2.18. The molecule has 6 nitrogen and oxygen atoms in total. The number of allylic oxidation sites excluding steroid dienone is 1. The molecule has 0 spiro atoms. The topological polar surface area (TPSA) is 95.9 Å². The van der Waals surface area contributed by atoms with Crippen LogP contribution in [-0.4, -0.2) is 47.4 Å². The minimum absolute atomic E-state index is 0.0209. The van der Waals surface area contributed by atoms with Crippen LogP contribution in [0.15, 0.2) is 12.2 Å². The molecule has 2 unspecified atom stereocenters. The minimum atomic E-state index is -0.842. The van der Waals surface area contributed by atoms with Crippen LogP contribution in [0.2, 0.25) is 0 Å². The standard InChI is InChI=1S/C70H137NO5/c1-3-5-7-9-11-13-15-17-18-19-32-35-39-42-46-50-54-58-62-68(73)67(66-72)71-69(74)63-59-55-51-47-43-40-36-33-30-28-26-24-22-20-21-23-25-27-29-31-34-37-41-45-49-53-57-61-65-76-70(75)64-60-56-52-48-44-38-16-14-12-10-8-6-4-2/h58,62,67-68,72-73H,3-57,59-61,63-66H2,1-2H3,(H,71,74)/b62-58+. The van der Waals surface area contributed by atoms with E-state index in [1.54, 1.807) is 6.08 Å². The van der Waals surface area contributed by atoms with Crippen molar-refractivity contribution in [2.45, 2.75) is 411 Å². The lowest BCUT2D eigenvalue weighted by Crippen LogP contribution is -2.45. The van der Waals surface area contributed by atoms with Crippen molar-refractivity contribution in [2.75, 3.05) is 13.2 Å². The number of carbonyl (C=O) groups excluding carboxylic acids is 2. The van der Waals surface area contributed by atoms with Crippen molar-refractivity contribution in [3.8, 4) is 0 Å². The van der Waals surface area contributed by atoms with Crippen LogP contribution in [0.4, 0.5) is 0 Å². The molecule has 0 aromatic heterocycles. The lowest BCUT2D eigenvalue weighted by atomic mass is 10.0. The molecule has 6 heteroatoms. The third-order valence-corrected chi connectivity index (χ3v) is 16.6. The van der Waals surface area contributed by atoms with E-state index in [0.717, 1.165) is 38.5 Å².